The van der Waals surface area contributed by atoms with E-state index in [1.54, 1.807) is 0 Å². The van der Waals surface area contributed by atoms with Crippen molar-refractivity contribution < 1.29 is 0 Å². The van der Waals surface area contributed by atoms with Crippen molar-refractivity contribution in [1.82, 2.24) is 15.1 Å². The number of nitrogens with zero attached hydrogens (tertiary/aromatic N) is 2. The zero-order valence-electron chi connectivity index (χ0n) is 12.2. The van der Waals surface area contributed by atoms with E-state index >= 15 is 0 Å². The Bertz CT molecular complexity index is 188. The van der Waals surface area contributed by atoms with E-state index in [0.29, 0.717) is 12.1 Å². The monoisotopic (exact) mass is 241 g/mol. The second-order valence-corrected chi connectivity index (χ2v) is 5.78. The highest BCUT2D eigenvalue weighted by molar-refractivity contribution is 4.70. The SMILES string of the molecule is CC(C)NCCC(C)N(C)CCN1CCCC1. The molecule has 0 spiro atoms. The smallest absolute Gasteiger partial charge is 0.0109 e. The molecule has 0 aromatic rings. The zero-order chi connectivity index (χ0) is 12.7. The Morgan fingerprint density at radius 2 is 1.82 bits per heavy atom. The third kappa shape index (κ3) is 6.39. The first-order valence-electron chi connectivity index (χ1n) is 7.25. The molecular formula is C14H31N3. The molecule has 1 N–H and O–H groups in total. The summed E-state index contributed by atoms with van der Waals surface area (Å²) in [6.45, 7) is 13.0. The van der Waals surface area contributed by atoms with Gasteiger partial charge in [0.15, 0.2) is 0 Å². The normalized spacial score (nSPS) is 19.4. The Labute approximate surface area is 108 Å². The number of hydrogen-bond acceptors (Lipinski definition) is 3. The van der Waals surface area contributed by atoms with E-state index in [9.17, 15) is 0 Å². The van der Waals surface area contributed by atoms with Crippen molar-refractivity contribution in [3.05, 3.63) is 0 Å². The van der Waals surface area contributed by atoms with E-state index in [2.05, 4.69) is 42.9 Å². The van der Waals surface area contributed by atoms with Gasteiger partial charge in [-0.1, -0.05) is 13.8 Å². The van der Waals surface area contributed by atoms with Crippen molar-refractivity contribution >= 4 is 0 Å². The average Bonchev–Trinajstić information content (AvgIpc) is 2.78. The topological polar surface area (TPSA) is 18.5 Å². The molecule has 1 unspecified atom stereocenters. The predicted molar refractivity (Wildman–Crippen MR) is 75.5 cm³/mol. The molecule has 17 heavy (non-hydrogen) atoms. The summed E-state index contributed by atoms with van der Waals surface area (Å²) < 4.78 is 0. The Balaban J connectivity index is 2.06. The first-order chi connectivity index (χ1) is 8.09. The molecule has 0 amide bonds. The van der Waals surface area contributed by atoms with Crippen LogP contribution in [0.5, 0.6) is 0 Å². The third-order valence-electron chi connectivity index (χ3n) is 3.83. The number of rotatable bonds is 8. The van der Waals surface area contributed by atoms with Gasteiger partial charge in [-0.15, -0.1) is 0 Å². The van der Waals surface area contributed by atoms with E-state index in [0.717, 1.165) is 6.54 Å². The molecule has 1 aliphatic rings. The van der Waals surface area contributed by atoms with Crippen LogP contribution < -0.4 is 5.32 Å². The van der Waals surface area contributed by atoms with Crippen LogP contribution in [-0.4, -0.2) is 61.7 Å². The van der Waals surface area contributed by atoms with Crippen molar-refractivity contribution in [2.45, 2.75) is 52.1 Å². The van der Waals surface area contributed by atoms with Crippen LogP contribution in [0.3, 0.4) is 0 Å². The summed E-state index contributed by atoms with van der Waals surface area (Å²) in [6, 6.07) is 1.29. The maximum absolute atomic E-state index is 3.49. The molecule has 0 aliphatic carbocycles. The van der Waals surface area contributed by atoms with E-state index in [1.807, 2.05) is 0 Å². The van der Waals surface area contributed by atoms with E-state index in [4.69, 9.17) is 0 Å². The third-order valence-corrected chi connectivity index (χ3v) is 3.83. The lowest BCUT2D eigenvalue weighted by atomic mass is 10.2. The minimum Gasteiger partial charge on any atom is -0.314 e. The molecule has 0 aromatic heterocycles. The van der Waals surface area contributed by atoms with Gasteiger partial charge >= 0.3 is 0 Å². The Hall–Kier alpha value is -0.120. The molecule has 3 nitrogen and oxygen atoms in total. The van der Waals surface area contributed by atoms with Crippen LogP contribution in [0.1, 0.15) is 40.0 Å². The van der Waals surface area contributed by atoms with E-state index in [1.165, 1.54) is 45.4 Å². The molecule has 1 aliphatic heterocycles. The fourth-order valence-electron chi connectivity index (χ4n) is 2.33. The molecule has 1 fully saturated rings. The Morgan fingerprint density at radius 1 is 1.18 bits per heavy atom. The van der Waals surface area contributed by atoms with Gasteiger partial charge in [0.2, 0.25) is 0 Å². The van der Waals surface area contributed by atoms with Gasteiger partial charge < -0.3 is 15.1 Å². The molecular weight excluding hydrogens is 210 g/mol. The van der Waals surface area contributed by atoms with Crippen LogP contribution in [0.2, 0.25) is 0 Å². The predicted octanol–water partition coefficient (Wildman–Crippen LogP) is 1.79. The molecule has 1 rings (SSSR count). The fourth-order valence-corrected chi connectivity index (χ4v) is 2.33. The molecule has 0 saturated carbocycles. The molecule has 3 heteroatoms. The number of hydrogen-bond donors (Lipinski definition) is 1. The lowest BCUT2D eigenvalue weighted by molar-refractivity contribution is 0.206. The van der Waals surface area contributed by atoms with Gasteiger partial charge in [-0.2, -0.15) is 0 Å². The summed E-state index contributed by atoms with van der Waals surface area (Å²) in [5.41, 5.74) is 0. The van der Waals surface area contributed by atoms with Gasteiger partial charge in [0.05, 0.1) is 0 Å². The van der Waals surface area contributed by atoms with Crippen LogP contribution in [0, 0.1) is 0 Å². The van der Waals surface area contributed by atoms with Gasteiger partial charge in [-0.3, -0.25) is 0 Å². The van der Waals surface area contributed by atoms with Crippen LogP contribution >= 0.6 is 0 Å². The second-order valence-electron chi connectivity index (χ2n) is 5.78. The van der Waals surface area contributed by atoms with Crippen LogP contribution in [0.15, 0.2) is 0 Å². The van der Waals surface area contributed by atoms with Crippen LogP contribution in [0.4, 0.5) is 0 Å². The maximum atomic E-state index is 3.49. The highest BCUT2D eigenvalue weighted by Gasteiger charge is 2.14. The minimum absolute atomic E-state index is 0.608. The minimum atomic E-state index is 0.608. The quantitative estimate of drug-likeness (QED) is 0.699. The van der Waals surface area contributed by atoms with Crippen molar-refractivity contribution in [2.24, 2.45) is 0 Å². The highest BCUT2D eigenvalue weighted by Crippen LogP contribution is 2.07. The first-order valence-corrected chi connectivity index (χ1v) is 7.25. The van der Waals surface area contributed by atoms with Crippen LogP contribution in [-0.2, 0) is 0 Å². The zero-order valence-corrected chi connectivity index (χ0v) is 12.2. The molecule has 1 heterocycles. The highest BCUT2D eigenvalue weighted by atomic mass is 15.2. The summed E-state index contributed by atoms with van der Waals surface area (Å²) >= 11 is 0. The van der Waals surface area contributed by atoms with Crippen molar-refractivity contribution in [1.29, 1.82) is 0 Å². The molecule has 0 aromatic carbocycles. The Kier molecular flexibility index (Phi) is 7.09. The number of likely N-dealkylation sites (tertiary alicyclic amines) is 1. The summed E-state index contributed by atoms with van der Waals surface area (Å²) in [5.74, 6) is 0. The summed E-state index contributed by atoms with van der Waals surface area (Å²) in [6.07, 6.45) is 4.05. The summed E-state index contributed by atoms with van der Waals surface area (Å²) in [4.78, 5) is 5.09. The second kappa shape index (κ2) is 8.06. The van der Waals surface area contributed by atoms with Gasteiger partial charge in [0, 0.05) is 25.2 Å². The lowest BCUT2D eigenvalue weighted by Gasteiger charge is -2.27. The molecule has 1 atom stereocenters. The van der Waals surface area contributed by atoms with Crippen molar-refractivity contribution in [2.75, 3.05) is 39.8 Å². The van der Waals surface area contributed by atoms with Gasteiger partial charge in [0.1, 0.15) is 0 Å². The van der Waals surface area contributed by atoms with Gasteiger partial charge in [-0.05, 0) is 52.9 Å². The fraction of sp³-hybridized carbons (Fsp3) is 1.00. The molecule has 0 bridgehead atoms. The largest absolute Gasteiger partial charge is 0.314 e. The van der Waals surface area contributed by atoms with Gasteiger partial charge in [-0.25, -0.2) is 0 Å². The maximum Gasteiger partial charge on any atom is 0.0109 e. The average molecular weight is 241 g/mol. The van der Waals surface area contributed by atoms with Crippen molar-refractivity contribution in [3.8, 4) is 0 Å². The van der Waals surface area contributed by atoms with Gasteiger partial charge in [0.25, 0.3) is 0 Å². The number of nitrogens with one attached hydrogen (secondary N) is 1. The number of likely N-dealkylation sites (N-methyl/N-ethyl adjacent to an activating group) is 1. The van der Waals surface area contributed by atoms with E-state index < -0.39 is 0 Å². The van der Waals surface area contributed by atoms with E-state index in [-0.39, 0.29) is 0 Å². The summed E-state index contributed by atoms with van der Waals surface area (Å²) in [5, 5.41) is 3.49. The summed E-state index contributed by atoms with van der Waals surface area (Å²) in [7, 11) is 2.26. The van der Waals surface area contributed by atoms with Crippen LogP contribution in [0.25, 0.3) is 0 Å². The molecule has 1 saturated heterocycles. The van der Waals surface area contributed by atoms with Crippen molar-refractivity contribution in [3.63, 3.8) is 0 Å². The first kappa shape index (κ1) is 14.9. The standard InChI is InChI=1S/C14H31N3/c1-13(2)15-8-7-14(3)16(4)11-12-17-9-5-6-10-17/h13-15H,5-12H2,1-4H3. The Morgan fingerprint density at radius 3 is 2.41 bits per heavy atom. The molecule has 0 radical (unpaired) electrons. The lowest BCUT2D eigenvalue weighted by Crippen LogP contribution is -2.38. The molecule has 102 valence electrons.